The number of nitrogens with two attached hydrogens (primary N) is 1. The van der Waals surface area contributed by atoms with Gasteiger partial charge >= 0.3 is 0 Å². The number of thiazole rings is 1. The molecule has 1 aromatic carbocycles. The Hall–Kier alpha value is -1.10. The molecule has 1 unspecified atom stereocenters. The van der Waals surface area contributed by atoms with Gasteiger partial charge in [-0.25, -0.2) is 4.98 Å². The number of nitrogens with one attached hydrogen (secondary N) is 1. The first-order valence-corrected chi connectivity index (χ1v) is 8.12. The monoisotopic (exact) mass is 307 g/mol. The van der Waals surface area contributed by atoms with Crippen LogP contribution in [0.25, 0.3) is 0 Å². The summed E-state index contributed by atoms with van der Waals surface area (Å²) in [4.78, 5) is 5.74. The quantitative estimate of drug-likeness (QED) is 0.912. The molecule has 3 nitrogen and oxygen atoms in total. The van der Waals surface area contributed by atoms with E-state index in [0.29, 0.717) is 11.2 Å². The molecule has 20 heavy (non-hydrogen) atoms. The number of nitrogens with zero attached hydrogens (tertiary/aromatic N) is 1. The van der Waals surface area contributed by atoms with E-state index >= 15 is 0 Å². The third-order valence-electron chi connectivity index (χ3n) is 3.72. The van der Waals surface area contributed by atoms with E-state index in [0.717, 1.165) is 37.3 Å². The molecule has 0 bridgehead atoms. The molecule has 1 aromatic heterocycles. The molecule has 0 amide bonds. The van der Waals surface area contributed by atoms with Crippen LogP contribution in [-0.2, 0) is 19.3 Å². The van der Waals surface area contributed by atoms with Gasteiger partial charge in [0.2, 0.25) is 0 Å². The van der Waals surface area contributed by atoms with Crippen molar-refractivity contribution in [2.75, 3.05) is 12.3 Å². The molecule has 3 rings (SSSR count). The fourth-order valence-corrected chi connectivity index (χ4v) is 3.73. The number of hydrogen-bond acceptors (Lipinski definition) is 4. The van der Waals surface area contributed by atoms with Gasteiger partial charge in [0.05, 0.1) is 5.69 Å². The summed E-state index contributed by atoms with van der Waals surface area (Å²) in [6.07, 6.45) is 4.29. The van der Waals surface area contributed by atoms with Gasteiger partial charge in [-0.15, -0.1) is 11.3 Å². The van der Waals surface area contributed by atoms with E-state index in [9.17, 15) is 0 Å². The largest absolute Gasteiger partial charge is 0.375 e. The molecule has 0 saturated heterocycles. The molecule has 3 N–H and O–H groups in total. The van der Waals surface area contributed by atoms with Crippen LogP contribution < -0.4 is 11.1 Å². The van der Waals surface area contributed by atoms with E-state index in [1.165, 1.54) is 16.1 Å². The predicted molar refractivity (Wildman–Crippen MR) is 85.5 cm³/mol. The van der Waals surface area contributed by atoms with Gasteiger partial charge in [-0.1, -0.05) is 23.7 Å². The average Bonchev–Trinajstić information content (AvgIpc) is 2.80. The highest BCUT2D eigenvalue weighted by atomic mass is 35.5. The smallest absolute Gasteiger partial charge is 0.180 e. The van der Waals surface area contributed by atoms with Gasteiger partial charge < -0.3 is 11.1 Å². The van der Waals surface area contributed by atoms with Crippen molar-refractivity contribution in [1.82, 2.24) is 10.3 Å². The average molecular weight is 308 g/mol. The fourth-order valence-electron chi connectivity index (χ4n) is 2.64. The number of halogens is 1. The molecular formula is C15H18ClN3S. The summed E-state index contributed by atoms with van der Waals surface area (Å²) in [5, 5.41) is 5.14. The normalized spacial score (nSPS) is 17.9. The molecule has 1 atom stereocenters. The Morgan fingerprint density at radius 1 is 1.35 bits per heavy atom. The first kappa shape index (κ1) is 13.9. The Kier molecular flexibility index (Phi) is 4.24. The minimum absolute atomic E-state index is 0.551. The minimum Gasteiger partial charge on any atom is -0.375 e. The molecule has 0 saturated carbocycles. The van der Waals surface area contributed by atoms with Crippen LogP contribution in [0.3, 0.4) is 0 Å². The van der Waals surface area contributed by atoms with Crippen molar-refractivity contribution < 1.29 is 0 Å². The molecule has 0 spiro atoms. The molecule has 1 heterocycles. The lowest BCUT2D eigenvalue weighted by Crippen LogP contribution is -2.35. The molecular weight excluding hydrogens is 290 g/mol. The number of aryl methyl sites for hydroxylation is 1. The summed E-state index contributed by atoms with van der Waals surface area (Å²) < 4.78 is 0. The van der Waals surface area contributed by atoms with Crippen LogP contribution in [0.1, 0.15) is 22.6 Å². The molecule has 0 aliphatic heterocycles. The van der Waals surface area contributed by atoms with Crippen molar-refractivity contribution in [1.29, 1.82) is 0 Å². The van der Waals surface area contributed by atoms with Crippen LogP contribution in [-0.4, -0.2) is 17.6 Å². The van der Waals surface area contributed by atoms with E-state index in [1.807, 2.05) is 12.1 Å². The van der Waals surface area contributed by atoms with Gasteiger partial charge in [0, 0.05) is 15.9 Å². The summed E-state index contributed by atoms with van der Waals surface area (Å²) in [6, 6.07) is 8.63. The Morgan fingerprint density at radius 2 is 2.15 bits per heavy atom. The van der Waals surface area contributed by atoms with Gasteiger partial charge in [-0.05, 0) is 49.9 Å². The predicted octanol–water partition coefficient (Wildman–Crippen LogP) is 3.07. The molecule has 1 aliphatic carbocycles. The Bertz CT molecular complexity index is 579. The van der Waals surface area contributed by atoms with Gasteiger partial charge in [-0.2, -0.15) is 0 Å². The van der Waals surface area contributed by atoms with Crippen LogP contribution >= 0.6 is 22.9 Å². The van der Waals surface area contributed by atoms with Crippen LogP contribution in [0.5, 0.6) is 0 Å². The number of hydrogen-bond donors (Lipinski definition) is 2. The van der Waals surface area contributed by atoms with E-state index < -0.39 is 0 Å². The highest BCUT2D eigenvalue weighted by Gasteiger charge is 2.21. The topological polar surface area (TPSA) is 50.9 Å². The van der Waals surface area contributed by atoms with E-state index in [2.05, 4.69) is 22.4 Å². The number of anilines is 1. The van der Waals surface area contributed by atoms with Crippen LogP contribution in [0.2, 0.25) is 5.02 Å². The van der Waals surface area contributed by atoms with Crippen LogP contribution in [0.15, 0.2) is 24.3 Å². The van der Waals surface area contributed by atoms with E-state index in [-0.39, 0.29) is 0 Å². The number of rotatable bonds is 4. The third-order valence-corrected chi connectivity index (χ3v) is 4.92. The summed E-state index contributed by atoms with van der Waals surface area (Å²) in [7, 11) is 0. The lowest BCUT2D eigenvalue weighted by atomic mass is 9.97. The highest BCUT2D eigenvalue weighted by molar-refractivity contribution is 7.15. The lowest BCUT2D eigenvalue weighted by molar-refractivity contribution is 0.462. The minimum atomic E-state index is 0.551. The first-order chi connectivity index (χ1) is 9.70. The molecule has 0 radical (unpaired) electrons. The summed E-state index contributed by atoms with van der Waals surface area (Å²) in [5.41, 5.74) is 8.30. The number of benzene rings is 1. The molecule has 106 valence electrons. The Labute approximate surface area is 128 Å². The second-order valence-electron chi connectivity index (χ2n) is 5.19. The number of fused-ring (bicyclic) bond motifs is 1. The second-order valence-corrected chi connectivity index (χ2v) is 6.74. The molecule has 5 heteroatoms. The van der Waals surface area contributed by atoms with Gasteiger partial charge in [0.15, 0.2) is 5.13 Å². The van der Waals surface area contributed by atoms with Gasteiger partial charge in [-0.3, -0.25) is 0 Å². The van der Waals surface area contributed by atoms with Crippen molar-refractivity contribution in [3.05, 3.63) is 45.4 Å². The van der Waals surface area contributed by atoms with Crippen molar-refractivity contribution in [3.8, 4) is 0 Å². The van der Waals surface area contributed by atoms with Gasteiger partial charge in [0.25, 0.3) is 0 Å². The summed E-state index contributed by atoms with van der Waals surface area (Å²) >= 11 is 7.52. The number of aromatic nitrogens is 1. The maximum absolute atomic E-state index is 5.89. The zero-order chi connectivity index (χ0) is 13.9. The zero-order valence-electron chi connectivity index (χ0n) is 11.2. The maximum atomic E-state index is 5.89. The van der Waals surface area contributed by atoms with Crippen molar-refractivity contribution in [2.45, 2.75) is 31.7 Å². The van der Waals surface area contributed by atoms with E-state index in [1.54, 1.807) is 11.3 Å². The third kappa shape index (κ3) is 3.32. The van der Waals surface area contributed by atoms with Crippen LogP contribution in [0, 0.1) is 0 Å². The summed E-state index contributed by atoms with van der Waals surface area (Å²) in [6.45, 7) is 0.996. The lowest BCUT2D eigenvalue weighted by Gasteiger charge is -2.22. The summed E-state index contributed by atoms with van der Waals surface area (Å²) in [5.74, 6) is 0. The SMILES string of the molecule is Nc1nc2c(s1)CC(NCCc1ccc(Cl)cc1)CC2. The Morgan fingerprint density at radius 3 is 2.95 bits per heavy atom. The highest BCUT2D eigenvalue weighted by Crippen LogP contribution is 2.28. The fraction of sp³-hybridized carbons (Fsp3) is 0.400. The zero-order valence-corrected chi connectivity index (χ0v) is 12.8. The van der Waals surface area contributed by atoms with Crippen molar-refractivity contribution in [3.63, 3.8) is 0 Å². The maximum Gasteiger partial charge on any atom is 0.180 e. The van der Waals surface area contributed by atoms with Crippen molar-refractivity contribution >= 4 is 28.1 Å². The van der Waals surface area contributed by atoms with E-state index in [4.69, 9.17) is 17.3 Å². The molecule has 2 aromatic rings. The van der Waals surface area contributed by atoms with Gasteiger partial charge in [0.1, 0.15) is 0 Å². The first-order valence-electron chi connectivity index (χ1n) is 6.92. The second kappa shape index (κ2) is 6.12. The Balaban J connectivity index is 1.49. The molecule has 0 fully saturated rings. The van der Waals surface area contributed by atoms with Crippen LogP contribution in [0.4, 0.5) is 5.13 Å². The van der Waals surface area contributed by atoms with Crippen molar-refractivity contribution in [2.24, 2.45) is 0 Å². The molecule has 1 aliphatic rings. The standard InChI is InChI=1S/C15H18ClN3S/c16-11-3-1-10(2-4-11)7-8-18-12-5-6-13-14(9-12)20-15(17)19-13/h1-4,12,18H,5-9H2,(H2,17,19). The number of nitrogen functional groups attached to an aromatic ring is 1.